The second-order valence-corrected chi connectivity index (χ2v) is 11.4. The van der Waals surface area contributed by atoms with E-state index >= 15 is 0 Å². The number of rotatable bonds is 7. The molecule has 0 bridgehead atoms. The fourth-order valence-electron chi connectivity index (χ4n) is 4.38. The van der Waals surface area contributed by atoms with E-state index in [4.69, 9.17) is 9.47 Å². The summed E-state index contributed by atoms with van der Waals surface area (Å²) in [5.74, 6) is 1.03. The summed E-state index contributed by atoms with van der Waals surface area (Å²) < 4.78 is 36.4. The molecule has 37 heavy (non-hydrogen) atoms. The van der Waals surface area contributed by atoms with Crippen molar-refractivity contribution in [3.63, 3.8) is 0 Å². The lowest BCUT2D eigenvalue weighted by atomic mass is 10.1. The molecule has 1 aliphatic rings. The molecule has 2 heterocycles. The van der Waals surface area contributed by atoms with E-state index in [1.165, 1.54) is 28.3 Å². The summed E-state index contributed by atoms with van der Waals surface area (Å²) in [7, 11) is -3.31. The number of carbonyl (C=O) groups is 1. The molecule has 1 aromatic heterocycles. The van der Waals surface area contributed by atoms with E-state index < -0.39 is 9.84 Å². The molecule has 0 N–H and O–H groups in total. The Kier molecular flexibility index (Phi) is 8.02. The van der Waals surface area contributed by atoms with E-state index in [-0.39, 0.29) is 22.7 Å². The number of pyridine rings is 1. The normalized spacial score (nSPS) is 14.4. The zero-order valence-corrected chi connectivity index (χ0v) is 22.2. The van der Waals surface area contributed by atoms with Crippen LogP contribution in [0.2, 0.25) is 0 Å². The van der Waals surface area contributed by atoms with Crippen molar-refractivity contribution in [1.29, 1.82) is 0 Å². The minimum atomic E-state index is -3.31. The number of aromatic nitrogens is 1. The number of carbonyl (C=O) groups excluding carboxylic acids is 1. The second kappa shape index (κ2) is 11.2. The first-order valence-corrected chi connectivity index (χ1v) is 14.3. The zero-order chi connectivity index (χ0) is 26.6. The van der Waals surface area contributed by atoms with Crippen LogP contribution in [-0.2, 0) is 16.3 Å². The molecule has 1 amide bonds. The van der Waals surface area contributed by atoms with E-state index in [0.717, 1.165) is 24.7 Å². The quantitative estimate of drug-likeness (QED) is 0.450. The Morgan fingerprint density at radius 3 is 2.32 bits per heavy atom. The van der Waals surface area contributed by atoms with Crippen molar-refractivity contribution >= 4 is 15.9 Å². The molecule has 0 radical (unpaired) electrons. The maximum atomic E-state index is 12.7. The Hall–Kier alpha value is -3.59. The zero-order valence-electron chi connectivity index (χ0n) is 21.3. The Morgan fingerprint density at radius 2 is 1.73 bits per heavy atom. The fourth-order valence-corrected chi connectivity index (χ4v) is 5.01. The smallest absolute Gasteiger partial charge is 0.415 e. The van der Waals surface area contributed by atoms with Gasteiger partial charge in [-0.2, -0.15) is 0 Å². The van der Waals surface area contributed by atoms with E-state index in [0.29, 0.717) is 43.1 Å². The highest BCUT2D eigenvalue weighted by Gasteiger charge is 2.26. The predicted octanol–water partition coefficient (Wildman–Crippen LogP) is 4.54. The van der Waals surface area contributed by atoms with Gasteiger partial charge in [0.15, 0.2) is 9.84 Å². The van der Waals surface area contributed by atoms with E-state index in [1.54, 1.807) is 29.3 Å². The maximum Gasteiger partial charge on any atom is 0.415 e. The lowest BCUT2D eigenvalue weighted by Crippen LogP contribution is -2.43. The molecule has 0 spiro atoms. The lowest BCUT2D eigenvalue weighted by Gasteiger charge is -2.31. The third-order valence-electron chi connectivity index (χ3n) is 6.41. The van der Waals surface area contributed by atoms with Crippen molar-refractivity contribution in [3.8, 4) is 17.2 Å². The SMILES string of the molecule is CCCc1ccc(OC(=O)N2CCC(Oc3ccn(-c4ccc(S(C)(=O)=O)cc4)c(=O)c3)CC2)c(C)c1. The van der Waals surface area contributed by atoms with Crippen molar-refractivity contribution in [2.75, 3.05) is 19.3 Å². The summed E-state index contributed by atoms with van der Waals surface area (Å²) in [6.45, 7) is 5.08. The standard InChI is InChI=1S/C28H32N2O6S/c1-4-5-21-6-11-26(20(2)18-21)36-28(32)29-15-12-23(13-16-29)35-24-14-17-30(27(31)19-24)22-7-9-25(10-8-22)37(3,33)34/h6-11,14,17-19,23H,4-5,12-13,15-16H2,1-3H3. The Labute approximate surface area is 217 Å². The van der Waals surface area contributed by atoms with Crippen molar-refractivity contribution in [3.05, 3.63) is 82.3 Å². The highest BCUT2D eigenvalue weighted by atomic mass is 32.2. The van der Waals surface area contributed by atoms with Gasteiger partial charge in [-0.1, -0.05) is 25.5 Å². The first-order chi connectivity index (χ1) is 17.6. The number of benzene rings is 2. The summed E-state index contributed by atoms with van der Waals surface area (Å²) in [6.07, 6.45) is 5.57. The molecule has 9 heteroatoms. The monoisotopic (exact) mass is 524 g/mol. The van der Waals surface area contributed by atoms with Crippen LogP contribution in [0, 0.1) is 6.92 Å². The predicted molar refractivity (Wildman–Crippen MR) is 142 cm³/mol. The first kappa shape index (κ1) is 26.5. The number of piperidine rings is 1. The molecule has 4 rings (SSSR count). The maximum absolute atomic E-state index is 12.7. The van der Waals surface area contributed by atoms with Gasteiger partial charge in [-0.05, 0) is 60.9 Å². The highest BCUT2D eigenvalue weighted by Crippen LogP contribution is 2.23. The molecule has 0 atom stereocenters. The third-order valence-corrected chi connectivity index (χ3v) is 7.54. The summed E-state index contributed by atoms with van der Waals surface area (Å²) in [6, 6.07) is 15.2. The molecule has 3 aromatic rings. The molecule has 8 nitrogen and oxygen atoms in total. The topological polar surface area (TPSA) is 94.9 Å². The van der Waals surface area contributed by atoms with Gasteiger partial charge in [-0.25, -0.2) is 13.2 Å². The van der Waals surface area contributed by atoms with E-state index in [2.05, 4.69) is 13.0 Å². The van der Waals surface area contributed by atoms with E-state index in [9.17, 15) is 18.0 Å². The largest absolute Gasteiger partial charge is 0.490 e. The summed E-state index contributed by atoms with van der Waals surface area (Å²) in [5.41, 5.74) is 2.45. The Bertz CT molecular complexity index is 1420. The van der Waals surface area contributed by atoms with Crippen molar-refractivity contribution in [1.82, 2.24) is 9.47 Å². The van der Waals surface area contributed by atoms with E-state index in [1.807, 2.05) is 19.1 Å². The second-order valence-electron chi connectivity index (χ2n) is 9.36. The number of aryl methyl sites for hydroxylation is 2. The van der Waals surface area contributed by atoms with Crippen LogP contribution < -0.4 is 15.0 Å². The molecular formula is C28H32N2O6S. The minimum absolute atomic E-state index is 0.122. The van der Waals surface area contributed by atoms with Crippen LogP contribution >= 0.6 is 0 Å². The van der Waals surface area contributed by atoms with Crippen LogP contribution in [0.5, 0.6) is 11.5 Å². The molecule has 1 saturated heterocycles. The van der Waals surface area contributed by atoms with Gasteiger partial charge in [-0.15, -0.1) is 0 Å². The van der Waals surface area contributed by atoms with Crippen LogP contribution in [0.15, 0.2) is 70.5 Å². The summed E-state index contributed by atoms with van der Waals surface area (Å²) in [4.78, 5) is 27.2. The average molecular weight is 525 g/mol. The molecule has 2 aromatic carbocycles. The Morgan fingerprint density at radius 1 is 1.03 bits per heavy atom. The molecule has 0 saturated carbocycles. The first-order valence-electron chi connectivity index (χ1n) is 12.4. The van der Waals surface area contributed by atoms with Crippen LogP contribution in [0.1, 0.15) is 37.3 Å². The number of hydrogen-bond acceptors (Lipinski definition) is 6. The van der Waals surface area contributed by atoms with Crippen LogP contribution in [0.4, 0.5) is 4.79 Å². The van der Waals surface area contributed by atoms with Crippen molar-refractivity contribution < 1.29 is 22.7 Å². The van der Waals surface area contributed by atoms with Crippen LogP contribution in [-0.4, -0.2) is 49.4 Å². The summed E-state index contributed by atoms with van der Waals surface area (Å²) in [5, 5.41) is 0. The number of amides is 1. The molecule has 196 valence electrons. The number of nitrogens with zero attached hydrogens (tertiary/aromatic N) is 2. The van der Waals surface area contributed by atoms with Gasteiger partial charge in [0.05, 0.1) is 4.90 Å². The number of likely N-dealkylation sites (tertiary alicyclic amines) is 1. The number of hydrogen-bond donors (Lipinski definition) is 0. The summed E-state index contributed by atoms with van der Waals surface area (Å²) >= 11 is 0. The average Bonchev–Trinajstić information content (AvgIpc) is 2.86. The Balaban J connectivity index is 1.32. The van der Waals surface area contributed by atoms with Crippen molar-refractivity contribution in [2.45, 2.75) is 50.5 Å². The third kappa shape index (κ3) is 6.60. The van der Waals surface area contributed by atoms with Gasteiger partial charge < -0.3 is 14.4 Å². The molecule has 1 aliphatic heterocycles. The minimum Gasteiger partial charge on any atom is -0.490 e. The number of ether oxygens (including phenoxy) is 2. The lowest BCUT2D eigenvalue weighted by molar-refractivity contribution is 0.0928. The molecule has 0 unspecified atom stereocenters. The van der Waals surface area contributed by atoms with Gasteiger partial charge >= 0.3 is 6.09 Å². The van der Waals surface area contributed by atoms with Gasteiger partial charge in [0.25, 0.3) is 5.56 Å². The van der Waals surface area contributed by atoms with Crippen molar-refractivity contribution in [2.24, 2.45) is 0 Å². The van der Waals surface area contributed by atoms with Gasteiger partial charge in [0.2, 0.25) is 0 Å². The molecule has 1 fully saturated rings. The fraction of sp³-hybridized carbons (Fsp3) is 0.357. The van der Waals surface area contributed by atoms with Gasteiger partial charge in [-0.3, -0.25) is 9.36 Å². The van der Waals surface area contributed by atoms with Crippen LogP contribution in [0.25, 0.3) is 5.69 Å². The molecular weight excluding hydrogens is 492 g/mol. The number of sulfone groups is 1. The van der Waals surface area contributed by atoms with Gasteiger partial charge in [0.1, 0.15) is 17.6 Å². The highest BCUT2D eigenvalue weighted by molar-refractivity contribution is 7.90. The molecule has 0 aliphatic carbocycles. The van der Waals surface area contributed by atoms with Crippen LogP contribution in [0.3, 0.4) is 0 Å². The van der Waals surface area contributed by atoms with Gasteiger partial charge in [0, 0.05) is 50.1 Å².